The lowest BCUT2D eigenvalue weighted by Gasteiger charge is -2.13. The van der Waals surface area contributed by atoms with Gasteiger partial charge in [-0.15, -0.1) is 0 Å². The van der Waals surface area contributed by atoms with Gasteiger partial charge in [0.05, 0.1) is 10.6 Å². The van der Waals surface area contributed by atoms with Crippen molar-refractivity contribution in [1.29, 1.82) is 0 Å². The Labute approximate surface area is 182 Å². The van der Waals surface area contributed by atoms with Crippen molar-refractivity contribution < 1.29 is 22.0 Å². The molecule has 1 heterocycles. The van der Waals surface area contributed by atoms with Gasteiger partial charge in [0.2, 0.25) is 0 Å². The van der Waals surface area contributed by atoms with Gasteiger partial charge >= 0.3 is 0 Å². The minimum absolute atomic E-state index is 0.0162. The number of hydrogen-bond donors (Lipinski definition) is 2. The van der Waals surface area contributed by atoms with Gasteiger partial charge in [-0.05, 0) is 61.9 Å². The third-order valence-corrected chi connectivity index (χ3v) is 6.55. The maximum atomic E-state index is 12.9. The van der Waals surface area contributed by atoms with Gasteiger partial charge in [-0.2, -0.15) is 13.9 Å². The summed E-state index contributed by atoms with van der Waals surface area (Å²) in [6, 6.07) is 11.8. The molecule has 0 radical (unpaired) electrons. The molecule has 0 saturated heterocycles. The number of carbonyl (C=O) groups excluding carboxylic acids is 1. The highest BCUT2D eigenvalue weighted by molar-refractivity contribution is 7.99. The number of sulfonamides is 1. The number of aryl methyl sites for hydroxylation is 3. The van der Waals surface area contributed by atoms with Crippen molar-refractivity contribution in [2.24, 2.45) is 7.05 Å². The fourth-order valence-electron chi connectivity index (χ4n) is 2.90. The normalized spacial score (nSPS) is 11.5. The summed E-state index contributed by atoms with van der Waals surface area (Å²) in [6.45, 7) is 3.39. The molecule has 0 unspecified atom stereocenters. The number of carbonyl (C=O) groups is 1. The number of nitrogens with one attached hydrogen (secondary N) is 2. The summed E-state index contributed by atoms with van der Waals surface area (Å²) >= 11 is 0.375. The molecule has 164 valence electrons. The summed E-state index contributed by atoms with van der Waals surface area (Å²) in [6.07, 6.45) is 0. The molecule has 0 aliphatic heterocycles. The van der Waals surface area contributed by atoms with E-state index in [-0.39, 0.29) is 10.6 Å². The van der Waals surface area contributed by atoms with E-state index in [1.54, 1.807) is 39.1 Å². The zero-order chi connectivity index (χ0) is 22.8. The van der Waals surface area contributed by atoms with Gasteiger partial charge in [0.15, 0.2) is 0 Å². The quantitative estimate of drug-likeness (QED) is 0.504. The Morgan fingerprint density at radius 1 is 1.06 bits per heavy atom. The molecular weight excluding hydrogens is 446 g/mol. The number of aromatic nitrogens is 2. The molecule has 0 aliphatic carbocycles. The highest BCUT2D eigenvalue weighted by atomic mass is 32.2. The van der Waals surface area contributed by atoms with Crippen LogP contribution in [-0.4, -0.2) is 29.9 Å². The lowest BCUT2D eigenvalue weighted by molar-refractivity contribution is 0.101. The van der Waals surface area contributed by atoms with Crippen LogP contribution in [0, 0.1) is 13.8 Å². The van der Waals surface area contributed by atoms with Crippen LogP contribution in [0.3, 0.4) is 0 Å². The van der Waals surface area contributed by atoms with Crippen LogP contribution in [-0.2, 0) is 17.1 Å². The van der Waals surface area contributed by atoms with Crippen molar-refractivity contribution in [3.63, 3.8) is 0 Å². The molecule has 3 rings (SSSR count). The van der Waals surface area contributed by atoms with E-state index in [1.165, 1.54) is 35.0 Å². The van der Waals surface area contributed by atoms with Gasteiger partial charge in [-0.25, -0.2) is 8.42 Å². The zero-order valence-electron chi connectivity index (χ0n) is 16.9. The molecule has 1 aromatic heterocycles. The van der Waals surface area contributed by atoms with Crippen LogP contribution in [0.25, 0.3) is 0 Å². The molecular formula is C20H20F2N4O3S2. The van der Waals surface area contributed by atoms with E-state index < -0.39 is 21.7 Å². The average Bonchev–Trinajstić information content (AvgIpc) is 3.02. The molecule has 31 heavy (non-hydrogen) atoms. The molecule has 0 bridgehead atoms. The van der Waals surface area contributed by atoms with E-state index in [0.29, 0.717) is 39.3 Å². The van der Waals surface area contributed by atoms with E-state index in [9.17, 15) is 22.0 Å². The van der Waals surface area contributed by atoms with Crippen molar-refractivity contribution in [2.45, 2.75) is 29.4 Å². The molecule has 7 nitrogen and oxygen atoms in total. The third-order valence-electron chi connectivity index (χ3n) is 4.30. The summed E-state index contributed by atoms with van der Waals surface area (Å²) < 4.78 is 54.5. The second-order valence-electron chi connectivity index (χ2n) is 6.74. The van der Waals surface area contributed by atoms with E-state index in [1.807, 2.05) is 0 Å². The van der Waals surface area contributed by atoms with Crippen molar-refractivity contribution >= 4 is 39.1 Å². The molecule has 2 N–H and O–H groups in total. The Balaban J connectivity index is 1.81. The number of thioether (sulfide) groups is 1. The SMILES string of the molecule is Cc1cc(C(=O)Nc2ccc(C)c(S(=O)(=O)Nc3ccc(SC(F)F)cc3)c2)n(C)n1. The van der Waals surface area contributed by atoms with Gasteiger partial charge in [-0.3, -0.25) is 14.2 Å². The van der Waals surface area contributed by atoms with Crippen molar-refractivity contribution in [1.82, 2.24) is 9.78 Å². The lowest BCUT2D eigenvalue weighted by atomic mass is 10.2. The maximum absolute atomic E-state index is 12.9. The Bertz CT molecular complexity index is 1210. The van der Waals surface area contributed by atoms with Crippen LogP contribution < -0.4 is 10.0 Å². The lowest BCUT2D eigenvalue weighted by Crippen LogP contribution is -2.18. The van der Waals surface area contributed by atoms with Gasteiger partial charge in [0.25, 0.3) is 21.7 Å². The monoisotopic (exact) mass is 466 g/mol. The van der Waals surface area contributed by atoms with E-state index >= 15 is 0 Å². The fraction of sp³-hybridized carbons (Fsp3) is 0.200. The van der Waals surface area contributed by atoms with Crippen molar-refractivity contribution in [3.05, 3.63) is 65.5 Å². The third kappa shape index (κ3) is 5.61. The second kappa shape index (κ2) is 9.06. The predicted octanol–water partition coefficient (Wildman–Crippen LogP) is 4.40. The Hall–Kier alpha value is -2.92. The predicted molar refractivity (Wildman–Crippen MR) is 116 cm³/mol. The first-order valence-corrected chi connectivity index (χ1v) is 11.4. The number of hydrogen-bond acceptors (Lipinski definition) is 5. The summed E-state index contributed by atoms with van der Waals surface area (Å²) in [5.74, 6) is -2.98. The number of halogens is 2. The largest absolute Gasteiger partial charge is 0.321 e. The molecule has 0 atom stereocenters. The topological polar surface area (TPSA) is 93.1 Å². The Morgan fingerprint density at radius 2 is 1.71 bits per heavy atom. The summed E-state index contributed by atoms with van der Waals surface area (Å²) in [5.41, 5.74) is 2.03. The van der Waals surface area contributed by atoms with Crippen LogP contribution in [0.4, 0.5) is 20.2 Å². The maximum Gasteiger partial charge on any atom is 0.288 e. The van der Waals surface area contributed by atoms with Crippen LogP contribution in [0.5, 0.6) is 0 Å². The number of anilines is 2. The van der Waals surface area contributed by atoms with E-state index in [0.717, 1.165) is 0 Å². The van der Waals surface area contributed by atoms with Crippen LogP contribution >= 0.6 is 11.8 Å². The molecule has 3 aromatic rings. The molecule has 1 amide bonds. The summed E-state index contributed by atoms with van der Waals surface area (Å²) in [4.78, 5) is 12.8. The standard InChI is InChI=1S/C20H20F2N4O3S2/c1-12-4-5-15(23-19(27)17-10-13(2)24-26(17)3)11-18(12)31(28,29)25-14-6-8-16(9-7-14)30-20(21)22/h4-11,20,25H,1-3H3,(H,23,27). The van der Waals surface area contributed by atoms with Crippen molar-refractivity contribution in [2.75, 3.05) is 10.0 Å². The van der Waals surface area contributed by atoms with Crippen LogP contribution in [0.2, 0.25) is 0 Å². The smallest absolute Gasteiger partial charge is 0.288 e. The molecule has 11 heteroatoms. The van der Waals surface area contributed by atoms with Gasteiger partial charge in [0, 0.05) is 23.3 Å². The minimum atomic E-state index is -3.98. The molecule has 0 saturated carbocycles. The average molecular weight is 467 g/mol. The first-order valence-electron chi connectivity index (χ1n) is 9.05. The Morgan fingerprint density at radius 3 is 2.29 bits per heavy atom. The number of benzene rings is 2. The number of nitrogens with zero attached hydrogens (tertiary/aromatic N) is 2. The highest BCUT2D eigenvalue weighted by Gasteiger charge is 2.19. The molecule has 0 aliphatic rings. The van der Waals surface area contributed by atoms with E-state index in [2.05, 4.69) is 15.1 Å². The van der Waals surface area contributed by atoms with Crippen LogP contribution in [0.15, 0.2) is 58.3 Å². The summed E-state index contributed by atoms with van der Waals surface area (Å²) in [7, 11) is -2.34. The molecule has 2 aromatic carbocycles. The minimum Gasteiger partial charge on any atom is -0.321 e. The van der Waals surface area contributed by atoms with Gasteiger partial charge in [-0.1, -0.05) is 17.8 Å². The summed E-state index contributed by atoms with van der Waals surface area (Å²) in [5, 5.41) is 6.80. The van der Waals surface area contributed by atoms with Crippen molar-refractivity contribution in [3.8, 4) is 0 Å². The number of alkyl halides is 2. The number of rotatable bonds is 7. The molecule has 0 fully saturated rings. The number of amides is 1. The van der Waals surface area contributed by atoms with E-state index in [4.69, 9.17) is 0 Å². The first kappa shape index (κ1) is 22.8. The fourth-order valence-corrected chi connectivity index (χ4v) is 4.73. The van der Waals surface area contributed by atoms with Gasteiger partial charge in [0.1, 0.15) is 5.69 Å². The van der Waals surface area contributed by atoms with Gasteiger partial charge < -0.3 is 5.32 Å². The highest BCUT2D eigenvalue weighted by Crippen LogP contribution is 2.28. The zero-order valence-corrected chi connectivity index (χ0v) is 18.5. The molecule has 0 spiro atoms. The Kier molecular flexibility index (Phi) is 6.65. The second-order valence-corrected chi connectivity index (χ2v) is 9.45. The first-order chi connectivity index (χ1) is 14.5. The van der Waals surface area contributed by atoms with Crippen LogP contribution in [0.1, 0.15) is 21.7 Å².